The summed E-state index contributed by atoms with van der Waals surface area (Å²) in [4.78, 5) is 24.0. The zero-order chi connectivity index (χ0) is 16.2. The molecule has 2 fully saturated rings. The molecule has 2 aliphatic rings. The summed E-state index contributed by atoms with van der Waals surface area (Å²) in [5.74, 6) is 0.704. The van der Waals surface area contributed by atoms with E-state index in [-0.39, 0.29) is 17.7 Å². The molecule has 4 nitrogen and oxygen atoms in total. The largest absolute Gasteiger partial charge is 0.353 e. The minimum absolute atomic E-state index is 0.0272. The Kier molecular flexibility index (Phi) is 5.62. The second-order valence-electron chi connectivity index (χ2n) is 6.30. The van der Waals surface area contributed by atoms with Crippen molar-refractivity contribution in [3.8, 4) is 0 Å². The molecular weight excluding hydrogens is 332 g/mol. The van der Waals surface area contributed by atoms with Crippen LogP contribution in [-0.2, 0) is 4.79 Å². The van der Waals surface area contributed by atoms with Crippen LogP contribution in [0.5, 0.6) is 0 Å². The van der Waals surface area contributed by atoms with E-state index in [1.165, 1.54) is 24.6 Å². The van der Waals surface area contributed by atoms with Crippen LogP contribution in [-0.4, -0.2) is 41.3 Å². The van der Waals surface area contributed by atoms with Crippen molar-refractivity contribution in [2.24, 2.45) is 0 Å². The summed E-state index contributed by atoms with van der Waals surface area (Å²) in [6.45, 7) is 0. The minimum atomic E-state index is 0.0272. The number of ketones is 1. The van der Waals surface area contributed by atoms with Crippen LogP contribution in [0.25, 0.3) is 0 Å². The van der Waals surface area contributed by atoms with Crippen molar-refractivity contribution < 1.29 is 9.59 Å². The van der Waals surface area contributed by atoms with Gasteiger partial charge in [-0.2, -0.15) is 0 Å². The number of hydrogen-bond acceptors (Lipinski definition) is 4. The topological polar surface area (TPSA) is 58.2 Å². The van der Waals surface area contributed by atoms with E-state index in [4.69, 9.17) is 11.6 Å². The van der Waals surface area contributed by atoms with Gasteiger partial charge in [0.05, 0.1) is 11.5 Å². The predicted octanol–water partition coefficient (Wildman–Crippen LogP) is 2.66. The molecule has 2 heterocycles. The molecule has 2 bridgehead atoms. The Morgan fingerprint density at radius 3 is 2.43 bits per heavy atom. The lowest BCUT2D eigenvalue weighted by Gasteiger charge is -2.29. The van der Waals surface area contributed by atoms with E-state index in [0.29, 0.717) is 34.2 Å². The predicted molar refractivity (Wildman–Crippen MR) is 94.2 cm³/mol. The molecule has 0 radical (unpaired) electrons. The molecule has 3 rings (SSSR count). The Labute approximate surface area is 145 Å². The Bertz CT molecular complexity index is 566. The summed E-state index contributed by atoms with van der Waals surface area (Å²) in [7, 11) is 0. The fourth-order valence-electron chi connectivity index (χ4n) is 3.40. The van der Waals surface area contributed by atoms with Crippen molar-refractivity contribution >= 4 is 35.1 Å². The normalized spacial score (nSPS) is 26.0. The standard InChI is InChI=1S/C17H21ClN2O2S/c18-12-3-1-11(2-4-12)16(21)9-23-10-17(22)20-15-7-13-5-6-14(8-15)19-13/h1-4,13-15,19H,5-10H2,(H,20,22). The third-order valence-electron chi connectivity index (χ3n) is 4.47. The quantitative estimate of drug-likeness (QED) is 0.773. The van der Waals surface area contributed by atoms with Crippen molar-refractivity contribution in [3.05, 3.63) is 34.9 Å². The van der Waals surface area contributed by atoms with Gasteiger partial charge in [0.25, 0.3) is 0 Å². The highest BCUT2D eigenvalue weighted by molar-refractivity contribution is 8.00. The maximum Gasteiger partial charge on any atom is 0.230 e. The molecule has 2 unspecified atom stereocenters. The molecule has 1 aromatic rings. The third kappa shape index (κ3) is 4.72. The SMILES string of the molecule is O=C(CSCC(=O)c1ccc(Cl)cc1)NC1CC2CCC(C1)N2. The highest BCUT2D eigenvalue weighted by Gasteiger charge is 2.33. The van der Waals surface area contributed by atoms with Crippen LogP contribution >= 0.6 is 23.4 Å². The minimum Gasteiger partial charge on any atom is -0.353 e. The van der Waals surface area contributed by atoms with Gasteiger partial charge in [0.15, 0.2) is 5.78 Å². The number of carbonyl (C=O) groups excluding carboxylic acids is 2. The molecule has 0 saturated carbocycles. The van der Waals surface area contributed by atoms with Gasteiger partial charge >= 0.3 is 0 Å². The van der Waals surface area contributed by atoms with Gasteiger partial charge < -0.3 is 10.6 Å². The molecule has 1 amide bonds. The number of nitrogens with one attached hydrogen (secondary N) is 2. The molecule has 0 aliphatic carbocycles. The molecule has 2 N–H and O–H groups in total. The Hall–Kier alpha value is -1.04. The van der Waals surface area contributed by atoms with Gasteiger partial charge in [-0.05, 0) is 49.9 Å². The van der Waals surface area contributed by atoms with Crippen LogP contribution < -0.4 is 10.6 Å². The molecular formula is C17H21ClN2O2S. The van der Waals surface area contributed by atoms with Gasteiger partial charge in [-0.25, -0.2) is 0 Å². The highest BCUT2D eigenvalue weighted by atomic mass is 35.5. The molecule has 6 heteroatoms. The van der Waals surface area contributed by atoms with Crippen LogP contribution in [0.3, 0.4) is 0 Å². The average molecular weight is 353 g/mol. The van der Waals surface area contributed by atoms with Crippen LogP contribution in [0.2, 0.25) is 5.02 Å². The van der Waals surface area contributed by atoms with Gasteiger partial charge in [0, 0.05) is 28.7 Å². The zero-order valence-electron chi connectivity index (χ0n) is 12.9. The average Bonchev–Trinajstić information content (AvgIpc) is 2.86. The molecule has 2 saturated heterocycles. The Morgan fingerprint density at radius 1 is 1.13 bits per heavy atom. The molecule has 2 atom stereocenters. The van der Waals surface area contributed by atoms with Crippen LogP contribution in [0.1, 0.15) is 36.0 Å². The molecule has 1 aromatic carbocycles. The molecule has 124 valence electrons. The van der Waals surface area contributed by atoms with Gasteiger partial charge in [0.2, 0.25) is 5.91 Å². The molecule has 0 aromatic heterocycles. The molecule has 2 aliphatic heterocycles. The number of amides is 1. The smallest absolute Gasteiger partial charge is 0.230 e. The number of benzene rings is 1. The fourth-order valence-corrected chi connectivity index (χ4v) is 4.25. The van der Waals surface area contributed by atoms with Crippen molar-refractivity contribution in [2.75, 3.05) is 11.5 Å². The zero-order valence-corrected chi connectivity index (χ0v) is 14.5. The van der Waals surface area contributed by atoms with Crippen molar-refractivity contribution in [2.45, 2.75) is 43.8 Å². The second-order valence-corrected chi connectivity index (χ2v) is 7.72. The fraction of sp³-hybridized carbons (Fsp3) is 0.529. The van der Waals surface area contributed by atoms with E-state index in [0.717, 1.165) is 12.8 Å². The first-order chi connectivity index (χ1) is 11.1. The number of Topliss-reactive ketones (excluding diaryl/α,β-unsaturated/α-hetero) is 1. The van der Waals surface area contributed by atoms with Gasteiger partial charge in [0.1, 0.15) is 0 Å². The van der Waals surface area contributed by atoms with Crippen LogP contribution in [0.15, 0.2) is 24.3 Å². The monoisotopic (exact) mass is 352 g/mol. The number of rotatable bonds is 6. The molecule has 0 spiro atoms. The van der Waals surface area contributed by atoms with Gasteiger partial charge in [-0.3, -0.25) is 9.59 Å². The lowest BCUT2D eigenvalue weighted by Crippen LogP contribution is -2.48. The highest BCUT2D eigenvalue weighted by Crippen LogP contribution is 2.26. The summed E-state index contributed by atoms with van der Waals surface area (Å²) in [6.07, 6.45) is 4.50. The van der Waals surface area contributed by atoms with E-state index in [2.05, 4.69) is 10.6 Å². The first-order valence-electron chi connectivity index (χ1n) is 8.02. The number of fused-ring (bicyclic) bond motifs is 2. The lowest BCUT2D eigenvalue weighted by molar-refractivity contribution is -0.119. The van der Waals surface area contributed by atoms with E-state index >= 15 is 0 Å². The number of thioether (sulfide) groups is 1. The number of carbonyl (C=O) groups is 2. The summed E-state index contributed by atoms with van der Waals surface area (Å²) >= 11 is 7.17. The van der Waals surface area contributed by atoms with Gasteiger partial charge in [-0.15, -0.1) is 11.8 Å². The summed E-state index contributed by atoms with van der Waals surface area (Å²) < 4.78 is 0. The van der Waals surface area contributed by atoms with Gasteiger partial charge in [-0.1, -0.05) is 11.6 Å². The summed E-state index contributed by atoms with van der Waals surface area (Å²) in [6, 6.07) is 8.27. The molecule has 23 heavy (non-hydrogen) atoms. The summed E-state index contributed by atoms with van der Waals surface area (Å²) in [5.41, 5.74) is 0.636. The van der Waals surface area contributed by atoms with E-state index in [9.17, 15) is 9.59 Å². The Balaban J connectivity index is 1.37. The van der Waals surface area contributed by atoms with Crippen LogP contribution in [0.4, 0.5) is 0 Å². The van der Waals surface area contributed by atoms with Crippen molar-refractivity contribution in [3.63, 3.8) is 0 Å². The number of halogens is 1. The number of hydrogen-bond donors (Lipinski definition) is 2. The van der Waals surface area contributed by atoms with E-state index in [1.54, 1.807) is 24.3 Å². The first-order valence-corrected chi connectivity index (χ1v) is 9.55. The van der Waals surface area contributed by atoms with Crippen molar-refractivity contribution in [1.82, 2.24) is 10.6 Å². The maximum atomic E-state index is 12.0. The third-order valence-corrected chi connectivity index (χ3v) is 5.66. The maximum absolute atomic E-state index is 12.0. The van der Waals surface area contributed by atoms with E-state index in [1.807, 2.05) is 0 Å². The lowest BCUT2D eigenvalue weighted by atomic mass is 10.00. The second kappa shape index (κ2) is 7.69. The Morgan fingerprint density at radius 2 is 1.78 bits per heavy atom. The number of piperidine rings is 1. The van der Waals surface area contributed by atoms with Crippen LogP contribution in [0, 0.1) is 0 Å². The first kappa shape index (κ1) is 16.8. The summed E-state index contributed by atoms with van der Waals surface area (Å²) in [5, 5.41) is 7.29. The van der Waals surface area contributed by atoms with E-state index < -0.39 is 0 Å². The van der Waals surface area contributed by atoms with Crippen molar-refractivity contribution in [1.29, 1.82) is 0 Å².